The van der Waals surface area contributed by atoms with Crippen LogP contribution >= 0.6 is 0 Å². The van der Waals surface area contributed by atoms with E-state index in [1.165, 1.54) is 5.56 Å². The molecular weight excluding hydrogens is 328 g/mol. The lowest BCUT2D eigenvalue weighted by molar-refractivity contribution is 0.0940. The Bertz CT molecular complexity index is 776. The summed E-state index contributed by atoms with van der Waals surface area (Å²) in [5, 5.41) is 13.6. The van der Waals surface area contributed by atoms with Gasteiger partial charge in [-0.3, -0.25) is 9.89 Å². The molecule has 1 aliphatic rings. The normalized spacial score (nSPS) is 13.7. The Balaban J connectivity index is 1.71. The van der Waals surface area contributed by atoms with Gasteiger partial charge >= 0.3 is 0 Å². The van der Waals surface area contributed by atoms with E-state index in [1.807, 2.05) is 6.92 Å². The van der Waals surface area contributed by atoms with Crippen LogP contribution in [-0.2, 0) is 19.3 Å². The number of aryl methyl sites for hydroxylation is 2. The third kappa shape index (κ3) is 4.03. The summed E-state index contributed by atoms with van der Waals surface area (Å²) >= 11 is 0. The summed E-state index contributed by atoms with van der Waals surface area (Å²) in [6.45, 7) is 9.79. The molecule has 2 aromatic heterocycles. The van der Waals surface area contributed by atoms with Crippen molar-refractivity contribution in [3.63, 3.8) is 0 Å². The number of amides is 1. The minimum absolute atomic E-state index is 0.0913. The lowest BCUT2D eigenvalue weighted by Gasteiger charge is -2.20. The number of carbonyl (C=O) groups excluding carboxylic acids is 1. The second-order valence-electron chi connectivity index (χ2n) is 7.36. The molecule has 1 amide bonds. The molecule has 0 saturated carbocycles. The van der Waals surface area contributed by atoms with Crippen molar-refractivity contribution in [2.24, 2.45) is 5.92 Å². The highest BCUT2D eigenvalue weighted by molar-refractivity contribution is 5.95. The van der Waals surface area contributed by atoms with Crippen LogP contribution in [-0.4, -0.2) is 39.2 Å². The van der Waals surface area contributed by atoms with Gasteiger partial charge in [0.25, 0.3) is 5.91 Å². The highest BCUT2D eigenvalue weighted by Crippen LogP contribution is 2.21. The minimum Gasteiger partial charge on any atom is -0.370 e. The number of anilines is 1. The maximum atomic E-state index is 12.2. The van der Waals surface area contributed by atoms with E-state index in [-0.39, 0.29) is 5.91 Å². The first kappa shape index (κ1) is 18.4. The van der Waals surface area contributed by atoms with E-state index in [2.05, 4.69) is 46.6 Å². The lowest BCUT2D eigenvalue weighted by Crippen LogP contribution is -2.34. The van der Waals surface area contributed by atoms with Crippen molar-refractivity contribution in [2.75, 3.05) is 18.4 Å². The van der Waals surface area contributed by atoms with Crippen molar-refractivity contribution in [3.05, 3.63) is 34.0 Å². The zero-order chi connectivity index (χ0) is 18.7. The quantitative estimate of drug-likeness (QED) is 0.662. The molecule has 3 rings (SSSR count). The van der Waals surface area contributed by atoms with Crippen LogP contribution in [0.25, 0.3) is 0 Å². The Morgan fingerprint density at radius 1 is 1.23 bits per heavy atom. The molecule has 3 heterocycles. The zero-order valence-electron chi connectivity index (χ0n) is 16.1. The Hall–Kier alpha value is -2.44. The molecule has 0 bridgehead atoms. The number of H-pyrrole nitrogens is 1. The fourth-order valence-electron chi connectivity index (χ4n) is 3.36. The van der Waals surface area contributed by atoms with Crippen LogP contribution < -0.4 is 10.6 Å². The van der Waals surface area contributed by atoms with Gasteiger partial charge in [0.2, 0.25) is 0 Å². The van der Waals surface area contributed by atoms with Gasteiger partial charge < -0.3 is 10.6 Å². The van der Waals surface area contributed by atoms with Gasteiger partial charge in [0, 0.05) is 30.8 Å². The Morgan fingerprint density at radius 2 is 2.04 bits per heavy atom. The van der Waals surface area contributed by atoms with Gasteiger partial charge in [-0.2, -0.15) is 5.10 Å². The number of aromatic nitrogens is 4. The molecule has 0 unspecified atom stereocenters. The second kappa shape index (κ2) is 7.85. The number of nitrogens with zero attached hydrogens (tertiary/aromatic N) is 3. The number of aromatic amines is 1. The molecule has 0 aromatic carbocycles. The van der Waals surface area contributed by atoms with Crippen LogP contribution in [0.4, 0.5) is 5.82 Å². The summed E-state index contributed by atoms with van der Waals surface area (Å²) in [5.74, 6) is 1.91. The molecule has 140 valence electrons. The standard InChI is InChI=1S/C19H28N6O/c1-11(2)10-16-22-17-15(7-9-21-19(17)26)18(23-16)20-8-5-6-14-12(3)24-25-13(14)4/h11H,5-10H2,1-4H3,(H,21,26)(H,24,25)(H,20,22,23). The molecule has 26 heavy (non-hydrogen) atoms. The first-order valence-electron chi connectivity index (χ1n) is 9.38. The molecule has 3 N–H and O–H groups in total. The molecule has 0 saturated heterocycles. The lowest BCUT2D eigenvalue weighted by atomic mass is 10.0. The maximum Gasteiger partial charge on any atom is 0.270 e. The maximum absolute atomic E-state index is 12.2. The van der Waals surface area contributed by atoms with Gasteiger partial charge in [0.15, 0.2) is 0 Å². The number of hydrogen-bond acceptors (Lipinski definition) is 5. The molecule has 0 spiro atoms. The molecule has 7 heteroatoms. The van der Waals surface area contributed by atoms with E-state index in [0.717, 1.165) is 60.8 Å². The highest BCUT2D eigenvalue weighted by atomic mass is 16.1. The van der Waals surface area contributed by atoms with Crippen molar-refractivity contribution in [1.29, 1.82) is 0 Å². The first-order chi connectivity index (χ1) is 12.5. The minimum atomic E-state index is -0.0913. The average molecular weight is 356 g/mol. The van der Waals surface area contributed by atoms with Gasteiger partial charge in [-0.15, -0.1) is 0 Å². The summed E-state index contributed by atoms with van der Waals surface area (Å²) in [6.07, 6.45) is 3.48. The average Bonchev–Trinajstić information content (AvgIpc) is 2.90. The van der Waals surface area contributed by atoms with Crippen LogP contribution in [0.1, 0.15) is 59.1 Å². The summed E-state index contributed by atoms with van der Waals surface area (Å²) in [7, 11) is 0. The fourth-order valence-corrected chi connectivity index (χ4v) is 3.36. The van der Waals surface area contributed by atoms with Crippen molar-refractivity contribution in [1.82, 2.24) is 25.5 Å². The molecule has 0 atom stereocenters. The zero-order valence-corrected chi connectivity index (χ0v) is 16.1. The van der Waals surface area contributed by atoms with Crippen molar-refractivity contribution in [3.8, 4) is 0 Å². The monoisotopic (exact) mass is 356 g/mol. The van der Waals surface area contributed by atoms with Crippen molar-refractivity contribution in [2.45, 2.75) is 53.4 Å². The first-order valence-corrected chi connectivity index (χ1v) is 9.38. The van der Waals surface area contributed by atoms with Crippen LogP contribution in [0, 0.1) is 19.8 Å². The van der Waals surface area contributed by atoms with Gasteiger partial charge in [-0.1, -0.05) is 13.8 Å². The van der Waals surface area contributed by atoms with Gasteiger partial charge in [-0.25, -0.2) is 9.97 Å². The van der Waals surface area contributed by atoms with E-state index in [4.69, 9.17) is 4.98 Å². The highest BCUT2D eigenvalue weighted by Gasteiger charge is 2.23. The van der Waals surface area contributed by atoms with E-state index in [1.54, 1.807) is 0 Å². The summed E-state index contributed by atoms with van der Waals surface area (Å²) < 4.78 is 0. The molecular formula is C19H28N6O. The molecule has 2 aromatic rings. The fraction of sp³-hybridized carbons (Fsp3) is 0.579. The van der Waals surface area contributed by atoms with Crippen molar-refractivity contribution < 1.29 is 4.79 Å². The predicted octanol–water partition coefficient (Wildman–Crippen LogP) is 2.35. The van der Waals surface area contributed by atoms with Gasteiger partial charge in [0.05, 0.1) is 5.69 Å². The number of nitrogens with one attached hydrogen (secondary N) is 3. The van der Waals surface area contributed by atoms with E-state index in [0.29, 0.717) is 18.2 Å². The predicted molar refractivity (Wildman–Crippen MR) is 101 cm³/mol. The van der Waals surface area contributed by atoms with Crippen LogP contribution in [0.3, 0.4) is 0 Å². The smallest absolute Gasteiger partial charge is 0.270 e. The molecule has 1 aliphatic heterocycles. The number of carbonyl (C=O) groups is 1. The molecule has 0 fully saturated rings. The number of hydrogen-bond donors (Lipinski definition) is 3. The summed E-state index contributed by atoms with van der Waals surface area (Å²) in [5.41, 5.74) is 4.97. The Labute approximate surface area is 154 Å². The van der Waals surface area contributed by atoms with Crippen molar-refractivity contribution >= 4 is 11.7 Å². The third-order valence-corrected chi connectivity index (χ3v) is 4.70. The number of fused-ring (bicyclic) bond motifs is 1. The largest absolute Gasteiger partial charge is 0.370 e. The van der Waals surface area contributed by atoms with E-state index >= 15 is 0 Å². The second-order valence-corrected chi connectivity index (χ2v) is 7.36. The van der Waals surface area contributed by atoms with Gasteiger partial charge in [-0.05, 0) is 44.6 Å². The van der Waals surface area contributed by atoms with E-state index < -0.39 is 0 Å². The number of rotatable bonds is 7. The topological polar surface area (TPSA) is 95.6 Å². The molecule has 0 radical (unpaired) electrons. The van der Waals surface area contributed by atoms with E-state index in [9.17, 15) is 4.79 Å². The van der Waals surface area contributed by atoms with Crippen LogP contribution in [0.2, 0.25) is 0 Å². The van der Waals surface area contributed by atoms with Gasteiger partial charge in [0.1, 0.15) is 17.3 Å². The summed E-state index contributed by atoms with van der Waals surface area (Å²) in [4.78, 5) is 21.4. The third-order valence-electron chi connectivity index (χ3n) is 4.70. The SMILES string of the molecule is Cc1n[nH]c(C)c1CCCNc1nc(CC(C)C)nc2c1CCNC2=O. The Morgan fingerprint density at radius 3 is 2.73 bits per heavy atom. The summed E-state index contributed by atoms with van der Waals surface area (Å²) in [6, 6.07) is 0. The Kier molecular flexibility index (Phi) is 5.54. The van der Waals surface area contributed by atoms with Crippen LogP contribution in [0.5, 0.6) is 0 Å². The van der Waals surface area contributed by atoms with Crippen LogP contribution in [0.15, 0.2) is 0 Å². The molecule has 7 nitrogen and oxygen atoms in total. The molecule has 0 aliphatic carbocycles.